The average Bonchev–Trinajstić information content (AvgIpc) is 3.95. The van der Waals surface area contributed by atoms with Gasteiger partial charge in [-0.2, -0.15) is 10.2 Å². The van der Waals surface area contributed by atoms with E-state index in [9.17, 15) is 32.8 Å². The monoisotopic (exact) mass is 915 g/mol. The van der Waals surface area contributed by atoms with Gasteiger partial charge in [0, 0.05) is 112 Å². The molecular formula is C49H55F2N11O5. The van der Waals surface area contributed by atoms with E-state index in [1.807, 2.05) is 34.1 Å². The molecule has 3 aromatic heterocycles. The lowest BCUT2D eigenvalue weighted by molar-refractivity contribution is -0.135. The van der Waals surface area contributed by atoms with Gasteiger partial charge in [-0.25, -0.2) is 13.8 Å². The van der Waals surface area contributed by atoms with Crippen LogP contribution in [0.25, 0.3) is 22.0 Å². The lowest BCUT2D eigenvalue weighted by Crippen LogP contribution is -2.52. The van der Waals surface area contributed by atoms with Crippen molar-refractivity contribution in [1.82, 2.24) is 45.0 Å². The number of rotatable bonds is 9. The number of hydrogen-bond donors (Lipinski definition) is 2. The van der Waals surface area contributed by atoms with Crippen LogP contribution >= 0.6 is 0 Å². The molecule has 18 heteroatoms. The molecule has 2 N–H and O–H groups in total. The van der Waals surface area contributed by atoms with Crippen LogP contribution in [0.3, 0.4) is 0 Å². The maximum atomic E-state index is 14.8. The quantitative estimate of drug-likeness (QED) is 0.170. The first kappa shape index (κ1) is 44.1. The van der Waals surface area contributed by atoms with Crippen molar-refractivity contribution < 1.29 is 32.8 Å². The number of anilines is 3. The molecule has 0 radical (unpaired) electrons. The van der Waals surface area contributed by atoms with E-state index >= 15 is 0 Å². The summed E-state index contributed by atoms with van der Waals surface area (Å²) >= 11 is 0. The number of aryl methyl sites for hydroxylation is 2. The number of imide groups is 1. The second-order valence-corrected chi connectivity index (χ2v) is 18.6. The van der Waals surface area contributed by atoms with E-state index in [1.54, 1.807) is 49.2 Å². The molecule has 2 unspecified atom stereocenters. The number of hydrogen-bond acceptors (Lipinski definition) is 10. The molecule has 0 spiro atoms. The number of piperidine rings is 3. The third-order valence-corrected chi connectivity index (χ3v) is 14.4. The van der Waals surface area contributed by atoms with Crippen molar-refractivity contribution in [2.24, 2.45) is 7.05 Å². The van der Waals surface area contributed by atoms with Gasteiger partial charge < -0.3 is 24.9 Å². The van der Waals surface area contributed by atoms with E-state index in [-0.39, 0.29) is 48.2 Å². The number of fused-ring (bicyclic) bond motifs is 3. The molecule has 3 saturated heterocycles. The van der Waals surface area contributed by atoms with Gasteiger partial charge in [0.25, 0.3) is 12.3 Å². The summed E-state index contributed by atoms with van der Waals surface area (Å²) in [5, 5.41) is 15.4. The minimum Gasteiger partial charge on any atom is -0.353 e. The SMILES string of the molecule is CC(=O)N1CCc2c(c(N3CCCc4cc(-c5cnn(C)c5)c(C(F)F)cc43)nn2C2CCN(C(=O)CC3CCCCN3c3ccc4cccc(C(=O)NC5CCC(=O)NC5=O)c4n3)CC2)C1. The molecule has 0 bridgehead atoms. The van der Waals surface area contributed by atoms with Crippen LogP contribution in [0.2, 0.25) is 0 Å². The zero-order valence-corrected chi connectivity index (χ0v) is 37.8. The predicted octanol–water partition coefficient (Wildman–Crippen LogP) is 5.91. The van der Waals surface area contributed by atoms with Crippen molar-refractivity contribution in [3.63, 3.8) is 0 Å². The Labute approximate surface area is 386 Å². The first-order valence-electron chi connectivity index (χ1n) is 23.6. The van der Waals surface area contributed by atoms with E-state index in [1.165, 1.54) is 0 Å². The van der Waals surface area contributed by atoms with Crippen LogP contribution < -0.4 is 20.4 Å². The molecule has 67 heavy (non-hydrogen) atoms. The summed E-state index contributed by atoms with van der Waals surface area (Å²) in [6.07, 6.45) is 7.68. The van der Waals surface area contributed by atoms with Crippen molar-refractivity contribution in [2.75, 3.05) is 42.5 Å². The highest BCUT2D eigenvalue weighted by atomic mass is 19.3. The van der Waals surface area contributed by atoms with Crippen LogP contribution in [-0.2, 0) is 45.6 Å². The minimum absolute atomic E-state index is 0.0126. The number of benzene rings is 2. The van der Waals surface area contributed by atoms with E-state index in [0.717, 1.165) is 54.3 Å². The lowest BCUT2D eigenvalue weighted by Gasteiger charge is -2.39. The lowest BCUT2D eigenvalue weighted by atomic mass is 9.92. The van der Waals surface area contributed by atoms with E-state index in [0.29, 0.717) is 104 Å². The molecule has 0 saturated carbocycles. The first-order valence-corrected chi connectivity index (χ1v) is 23.6. The van der Waals surface area contributed by atoms with Gasteiger partial charge in [0.15, 0.2) is 5.82 Å². The fourth-order valence-corrected chi connectivity index (χ4v) is 10.8. The third-order valence-electron chi connectivity index (χ3n) is 14.4. The molecule has 5 amide bonds. The van der Waals surface area contributed by atoms with Gasteiger partial charge in [-0.3, -0.25) is 38.7 Å². The molecule has 10 rings (SSSR count). The number of amides is 5. The summed E-state index contributed by atoms with van der Waals surface area (Å²) in [5.74, 6) is 0.116. The Bertz CT molecular complexity index is 2780. The van der Waals surface area contributed by atoms with Gasteiger partial charge in [-0.15, -0.1) is 0 Å². The fourth-order valence-electron chi connectivity index (χ4n) is 10.8. The largest absolute Gasteiger partial charge is 0.353 e. The maximum absolute atomic E-state index is 14.8. The second kappa shape index (κ2) is 18.2. The molecule has 0 aliphatic carbocycles. The molecule has 350 valence electrons. The molecule has 5 aliphatic heterocycles. The molecule has 3 fully saturated rings. The molecule has 16 nitrogen and oxygen atoms in total. The number of nitrogens with zero attached hydrogens (tertiary/aromatic N) is 9. The molecular weight excluding hydrogens is 861 g/mol. The van der Waals surface area contributed by atoms with Crippen LogP contribution in [0.1, 0.15) is 110 Å². The van der Waals surface area contributed by atoms with Crippen LogP contribution in [0.4, 0.5) is 26.1 Å². The average molecular weight is 916 g/mol. The summed E-state index contributed by atoms with van der Waals surface area (Å²) in [6, 6.07) is 11.8. The predicted molar refractivity (Wildman–Crippen MR) is 246 cm³/mol. The number of nitrogens with one attached hydrogen (secondary N) is 2. The Hall–Kier alpha value is -6.72. The van der Waals surface area contributed by atoms with E-state index in [4.69, 9.17) is 10.1 Å². The molecule has 2 atom stereocenters. The Morgan fingerprint density at radius 1 is 0.910 bits per heavy atom. The number of aromatic nitrogens is 5. The Morgan fingerprint density at radius 3 is 2.51 bits per heavy atom. The Morgan fingerprint density at radius 2 is 1.75 bits per heavy atom. The van der Waals surface area contributed by atoms with Crippen molar-refractivity contribution >= 4 is 57.8 Å². The summed E-state index contributed by atoms with van der Waals surface area (Å²) < 4.78 is 33.3. The fraction of sp³-hybridized carbons (Fsp3) is 0.469. The topological polar surface area (TPSA) is 171 Å². The second-order valence-electron chi connectivity index (χ2n) is 18.6. The van der Waals surface area contributed by atoms with Gasteiger partial charge in [0.2, 0.25) is 23.6 Å². The van der Waals surface area contributed by atoms with Gasteiger partial charge in [0.05, 0.1) is 29.9 Å². The molecule has 8 heterocycles. The highest BCUT2D eigenvalue weighted by Crippen LogP contribution is 2.44. The van der Waals surface area contributed by atoms with Crippen molar-refractivity contribution in [3.8, 4) is 11.1 Å². The molecule has 5 aliphatic rings. The van der Waals surface area contributed by atoms with Crippen molar-refractivity contribution in [3.05, 3.63) is 82.8 Å². The highest BCUT2D eigenvalue weighted by molar-refractivity contribution is 6.08. The van der Waals surface area contributed by atoms with Gasteiger partial charge in [0.1, 0.15) is 11.9 Å². The number of alkyl halides is 2. The third kappa shape index (κ3) is 8.61. The van der Waals surface area contributed by atoms with Gasteiger partial charge in [-0.05, 0) is 92.8 Å². The maximum Gasteiger partial charge on any atom is 0.264 e. The molecule has 2 aromatic carbocycles. The summed E-state index contributed by atoms with van der Waals surface area (Å²) in [6.45, 7) is 4.95. The van der Waals surface area contributed by atoms with Crippen LogP contribution in [0.5, 0.6) is 0 Å². The van der Waals surface area contributed by atoms with Crippen molar-refractivity contribution in [1.29, 1.82) is 0 Å². The zero-order valence-electron chi connectivity index (χ0n) is 37.8. The first-order chi connectivity index (χ1) is 32.4. The Balaban J connectivity index is 0.857. The normalized spacial score (nSPS) is 20.3. The summed E-state index contributed by atoms with van der Waals surface area (Å²) in [4.78, 5) is 77.6. The van der Waals surface area contributed by atoms with Crippen LogP contribution in [0.15, 0.2) is 54.9 Å². The van der Waals surface area contributed by atoms with Gasteiger partial charge >= 0.3 is 0 Å². The number of halogens is 2. The standard InChI is InChI=1S/C49H55F2N11O5/c1-29(63)59-22-17-40-38(28-59)47(61-19-6-8-31-23-36(32-26-52-57(2)27-32)37(46(50)51)25-41(31)61)56-62(40)33-15-20-58(21-16-33)44(65)24-34-9-3-4-18-60(34)42-13-11-30-7-5-10-35(45(30)54-42)48(66)53-39-12-14-43(64)55-49(39)67/h5,7,10-11,13,23,25-27,33-34,39,46H,3-4,6,8-9,12,14-22,24,28H2,1-2H3,(H,53,66)(H,55,64,67). The van der Waals surface area contributed by atoms with Crippen molar-refractivity contribution in [2.45, 2.75) is 109 Å². The zero-order chi connectivity index (χ0) is 46.5. The van der Waals surface area contributed by atoms with Crippen LogP contribution in [-0.4, -0.2) is 109 Å². The number of para-hydroxylation sites is 1. The van der Waals surface area contributed by atoms with E-state index in [2.05, 4.69) is 30.2 Å². The Kier molecular flexibility index (Phi) is 12.0. The summed E-state index contributed by atoms with van der Waals surface area (Å²) in [7, 11) is 1.77. The number of carbonyl (C=O) groups is 5. The van der Waals surface area contributed by atoms with Crippen LogP contribution in [0, 0.1) is 0 Å². The minimum atomic E-state index is -2.70. The van der Waals surface area contributed by atoms with E-state index < -0.39 is 24.3 Å². The highest BCUT2D eigenvalue weighted by Gasteiger charge is 2.37. The van der Waals surface area contributed by atoms with Gasteiger partial charge in [-0.1, -0.05) is 12.1 Å². The number of pyridine rings is 1. The number of carbonyl (C=O) groups excluding carboxylic acids is 5. The molecule has 5 aromatic rings. The number of likely N-dealkylation sites (tertiary alicyclic amines) is 1. The summed E-state index contributed by atoms with van der Waals surface area (Å²) in [5.41, 5.74) is 5.59. The smallest absolute Gasteiger partial charge is 0.264 e.